The van der Waals surface area contributed by atoms with E-state index in [0.29, 0.717) is 0 Å². The lowest BCUT2D eigenvalue weighted by atomic mass is 10.3. The Hall–Kier alpha value is -2.48. The van der Waals surface area contributed by atoms with Gasteiger partial charge in [0.05, 0.1) is 11.0 Å². The van der Waals surface area contributed by atoms with Crippen LogP contribution in [0.1, 0.15) is 0 Å². The van der Waals surface area contributed by atoms with Crippen LogP contribution >= 0.6 is 0 Å². The van der Waals surface area contributed by atoms with Crippen LogP contribution in [0, 0.1) is 15.9 Å². The molecule has 0 N–H and O–H groups in total. The van der Waals surface area contributed by atoms with Gasteiger partial charge in [0.1, 0.15) is 16.5 Å². The van der Waals surface area contributed by atoms with Gasteiger partial charge in [-0.15, -0.1) is 0 Å². The lowest BCUT2D eigenvalue weighted by Crippen LogP contribution is -2.11. The Labute approximate surface area is 113 Å². The molecule has 0 atom stereocenters. The first-order chi connectivity index (χ1) is 9.40. The van der Waals surface area contributed by atoms with Crippen LogP contribution in [0.15, 0.2) is 53.4 Å². The first-order valence-corrected chi connectivity index (χ1v) is 6.74. The zero-order valence-electron chi connectivity index (χ0n) is 9.89. The van der Waals surface area contributed by atoms with Gasteiger partial charge in [-0.1, -0.05) is 18.2 Å². The number of hydrogen-bond donors (Lipinski definition) is 0. The minimum absolute atomic E-state index is 0.262. The SMILES string of the molecule is O=[N+]([O-])c1cccc(OS(=O)(=O)c2ccccc2F)c1. The molecule has 0 aliphatic carbocycles. The topological polar surface area (TPSA) is 86.5 Å². The fourth-order valence-electron chi connectivity index (χ4n) is 1.47. The summed E-state index contributed by atoms with van der Waals surface area (Å²) in [6.45, 7) is 0. The van der Waals surface area contributed by atoms with Gasteiger partial charge in [-0.05, 0) is 18.2 Å². The van der Waals surface area contributed by atoms with Crippen molar-refractivity contribution in [3.8, 4) is 5.75 Å². The third-order valence-corrected chi connectivity index (χ3v) is 3.62. The molecule has 0 spiro atoms. The molecule has 2 rings (SSSR count). The lowest BCUT2D eigenvalue weighted by Gasteiger charge is -2.07. The van der Waals surface area contributed by atoms with Crippen LogP contribution in [0.4, 0.5) is 10.1 Å². The molecular weight excluding hydrogens is 289 g/mol. The molecule has 6 nitrogen and oxygen atoms in total. The third kappa shape index (κ3) is 2.91. The minimum atomic E-state index is -4.38. The molecule has 0 heterocycles. The van der Waals surface area contributed by atoms with E-state index in [1.54, 1.807) is 0 Å². The molecule has 0 amide bonds. The highest BCUT2D eigenvalue weighted by Crippen LogP contribution is 2.24. The van der Waals surface area contributed by atoms with Crippen molar-refractivity contribution in [3.63, 3.8) is 0 Å². The summed E-state index contributed by atoms with van der Waals surface area (Å²) in [4.78, 5) is 9.26. The second-order valence-electron chi connectivity index (χ2n) is 3.72. The van der Waals surface area contributed by atoms with Gasteiger partial charge in [-0.3, -0.25) is 10.1 Å². The molecule has 20 heavy (non-hydrogen) atoms. The van der Waals surface area contributed by atoms with Crippen LogP contribution < -0.4 is 4.18 Å². The Balaban J connectivity index is 2.36. The van der Waals surface area contributed by atoms with Crippen molar-refractivity contribution in [2.45, 2.75) is 4.90 Å². The highest BCUT2D eigenvalue weighted by molar-refractivity contribution is 7.87. The van der Waals surface area contributed by atoms with Crippen LogP contribution in [0.3, 0.4) is 0 Å². The monoisotopic (exact) mass is 297 g/mol. The van der Waals surface area contributed by atoms with Crippen molar-refractivity contribution in [2.75, 3.05) is 0 Å². The van der Waals surface area contributed by atoms with E-state index in [2.05, 4.69) is 4.18 Å². The average Bonchev–Trinajstić information content (AvgIpc) is 2.38. The second kappa shape index (κ2) is 5.25. The summed E-state index contributed by atoms with van der Waals surface area (Å²) in [5.74, 6) is -1.22. The van der Waals surface area contributed by atoms with Gasteiger partial charge in [0.15, 0.2) is 0 Å². The summed E-state index contributed by atoms with van der Waals surface area (Å²) in [5.41, 5.74) is -0.328. The molecule has 0 saturated heterocycles. The number of benzene rings is 2. The number of nitro groups is 1. The number of halogens is 1. The molecule has 0 fully saturated rings. The first kappa shape index (κ1) is 13.9. The molecule has 8 heteroatoms. The van der Waals surface area contributed by atoms with Crippen molar-refractivity contribution in [3.05, 3.63) is 64.5 Å². The van der Waals surface area contributed by atoms with E-state index >= 15 is 0 Å². The molecular formula is C12H8FNO5S. The molecule has 0 bridgehead atoms. The fraction of sp³-hybridized carbons (Fsp3) is 0. The Morgan fingerprint density at radius 2 is 1.80 bits per heavy atom. The molecule has 0 unspecified atom stereocenters. The first-order valence-electron chi connectivity index (χ1n) is 5.33. The van der Waals surface area contributed by atoms with Gasteiger partial charge in [0.25, 0.3) is 5.69 Å². The maximum absolute atomic E-state index is 13.4. The van der Waals surface area contributed by atoms with E-state index in [1.807, 2.05) is 0 Å². The maximum atomic E-state index is 13.4. The van der Waals surface area contributed by atoms with Crippen LogP contribution in [0.25, 0.3) is 0 Å². The highest BCUT2D eigenvalue weighted by atomic mass is 32.2. The van der Waals surface area contributed by atoms with Gasteiger partial charge in [-0.2, -0.15) is 8.42 Å². The quantitative estimate of drug-likeness (QED) is 0.491. The summed E-state index contributed by atoms with van der Waals surface area (Å²) < 4.78 is 41.9. The zero-order chi connectivity index (χ0) is 14.8. The molecule has 2 aromatic rings. The van der Waals surface area contributed by atoms with Crippen molar-refractivity contribution >= 4 is 15.8 Å². The Morgan fingerprint density at radius 1 is 1.10 bits per heavy atom. The van der Waals surface area contributed by atoms with E-state index in [-0.39, 0.29) is 11.4 Å². The van der Waals surface area contributed by atoms with Gasteiger partial charge < -0.3 is 4.18 Å². The third-order valence-electron chi connectivity index (χ3n) is 2.34. The molecule has 0 aliphatic heterocycles. The van der Waals surface area contributed by atoms with Crippen molar-refractivity contribution in [2.24, 2.45) is 0 Å². The summed E-state index contributed by atoms with van der Waals surface area (Å²) >= 11 is 0. The van der Waals surface area contributed by atoms with E-state index in [4.69, 9.17) is 0 Å². The predicted molar refractivity (Wildman–Crippen MR) is 67.3 cm³/mol. The number of hydrogen-bond acceptors (Lipinski definition) is 5. The predicted octanol–water partition coefficient (Wildman–Crippen LogP) is 2.50. The molecule has 0 saturated carbocycles. The van der Waals surface area contributed by atoms with E-state index in [0.717, 1.165) is 18.2 Å². The standard InChI is InChI=1S/C12H8FNO5S/c13-11-6-1-2-7-12(11)20(17,18)19-10-5-3-4-9(8-10)14(15)16/h1-8H. The van der Waals surface area contributed by atoms with Crippen molar-refractivity contribution < 1.29 is 21.9 Å². The zero-order valence-corrected chi connectivity index (χ0v) is 10.7. The molecule has 0 aromatic heterocycles. The maximum Gasteiger partial charge on any atom is 0.342 e. The Kier molecular flexibility index (Phi) is 3.66. The summed E-state index contributed by atoms with van der Waals surface area (Å²) in [7, 11) is -4.38. The number of rotatable bonds is 4. The largest absolute Gasteiger partial charge is 0.379 e. The number of non-ortho nitro benzene ring substituents is 1. The normalized spacial score (nSPS) is 11.1. The summed E-state index contributed by atoms with van der Waals surface area (Å²) in [6, 6.07) is 9.32. The smallest absolute Gasteiger partial charge is 0.342 e. The highest BCUT2D eigenvalue weighted by Gasteiger charge is 2.21. The minimum Gasteiger partial charge on any atom is -0.379 e. The van der Waals surface area contributed by atoms with Gasteiger partial charge in [0, 0.05) is 6.07 Å². The number of nitro benzene ring substituents is 1. The van der Waals surface area contributed by atoms with Crippen LogP contribution in [0.5, 0.6) is 5.75 Å². The summed E-state index contributed by atoms with van der Waals surface area (Å²) in [5, 5.41) is 10.6. The summed E-state index contributed by atoms with van der Waals surface area (Å²) in [6.07, 6.45) is 0. The van der Waals surface area contributed by atoms with Crippen molar-refractivity contribution in [1.82, 2.24) is 0 Å². The molecule has 104 valence electrons. The fourth-order valence-corrected chi connectivity index (χ4v) is 2.47. The Morgan fingerprint density at radius 3 is 2.45 bits per heavy atom. The van der Waals surface area contributed by atoms with Crippen molar-refractivity contribution in [1.29, 1.82) is 0 Å². The molecule has 0 aliphatic rings. The van der Waals surface area contributed by atoms with Crippen LogP contribution in [-0.4, -0.2) is 13.3 Å². The van der Waals surface area contributed by atoms with E-state index in [9.17, 15) is 22.9 Å². The number of nitrogens with zero attached hydrogens (tertiary/aromatic N) is 1. The van der Waals surface area contributed by atoms with Gasteiger partial charge >= 0.3 is 10.1 Å². The van der Waals surface area contributed by atoms with E-state index in [1.165, 1.54) is 30.3 Å². The second-order valence-corrected chi connectivity index (χ2v) is 5.24. The van der Waals surface area contributed by atoms with Crippen LogP contribution in [-0.2, 0) is 10.1 Å². The molecule has 2 aromatic carbocycles. The van der Waals surface area contributed by atoms with E-state index < -0.39 is 25.8 Å². The van der Waals surface area contributed by atoms with Gasteiger partial charge in [0.2, 0.25) is 0 Å². The lowest BCUT2D eigenvalue weighted by molar-refractivity contribution is -0.384. The van der Waals surface area contributed by atoms with Crippen LogP contribution in [0.2, 0.25) is 0 Å². The Bertz CT molecular complexity index is 760. The molecule has 0 radical (unpaired) electrons. The van der Waals surface area contributed by atoms with Gasteiger partial charge in [-0.25, -0.2) is 4.39 Å². The average molecular weight is 297 g/mol.